The summed E-state index contributed by atoms with van der Waals surface area (Å²) in [7, 11) is 4.64. The highest BCUT2D eigenvalue weighted by atomic mass is 16.5. The zero-order valence-corrected chi connectivity index (χ0v) is 13.6. The third-order valence-corrected chi connectivity index (χ3v) is 4.14. The highest BCUT2D eigenvalue weighted by molar-refractivity contribution is 5.98. The van der Waals surface area contributed by atoms with Gasteiger partial charge in [0.1, 0.15) is 0 Å². The maximum atomic E-state index is 12.4. The largest absolute Gasteiger partial charge is 0.493 e. The molecule has 0 radical (unpaired) electrons. The molecule has 0 aromatic heterocycles. The van der Waals surface area contributed by atoms with Gasteiger partial charge in [0.25, 0.3) is 0 Å². The second kappa shape index (κ2) is 8.03. The van der Waals surface area contributed by atoms with Crippen LogP contribution in [0.15, 0.2) is 12.1 Å². The highest BCUT2D eigenvalue weighted by Crippen LogP contribution is 2.38. The zero-order chi connectivity index (χ0) is 15.9. The van der Waals surface area contributed by atoms with E-state index in [1.54, 1.807) is 33.5 Å². The van der Waals surface area contributed by atoms with Crippen molar-refractivity contribution in [3.8, 4) is 17.2 Å². The molecule has 0 spiro atoms. The van der Waals surface area contributed by atoms with E-state index >= 15 is 0 Å². The molecule has 1 aromatic rings. The van der Waals surface area contributed by atoms with Crippen molar-refractivity contribution in [3.63, 3.8) is 0 Å². The van der Waals surface area contributed by atoms with E-state index in [0.29, 0.717) is 35.4 Å². The third kappa shape index (κ3) is 3.91. The third-order valence-electron chi connectivity index (χ3n) is 4.14. The first kappa shape index (κ1) is 16.6. The van der Waals surface area contributed by atoms with Crippen molar-refractivity contribution in [1.82, 2.24) is 5.32 Å². The van der Waals surface area contributed by atoms with Crippen LogP contribution in [0.4, 0.5) is 0 Å². The summed E-state index contributed by atoms with van der Waals surface area (Å²) in [6, 6.07) is 3.86. The van der Waals surface area contributed by atoms with Gasteiger partial charge in [0.2, 0.25) is 5.75 Å². The lowest BCUT2D eigenvalue weighted by atomic mass is 9.95. The molecule has 0 unspecified atom stereocenters. The van der Waals surface area contributed by atoms with E-state index in [1.807, 2.05) is 0 Å². The lowest BCUT2D eigenvalue weighted by molar-refractivity contribution is 0.0984. The van der Waals surface area contributed by atoms with Gasteiger partial charge in [0.05, 0.1) is 27.9 Å². The zero-order valence-electron chi connectivity index (χ0n) is 13.6. The summed E-state index contributed by atoms with van der Waals surface area (Å²) in [5.74, 6) is 1.54. The van der Waals surface area contributed by atoms with Crippen LogP contribution in [0.2, 0.25) is 0 Å². The summed E-state index contributed by atoms with van der Waals surface area (Å²) in [6.45, 7) is 0.337. The number of nitrogens with one attached hydrogen (secondary N) is 1. The van der Waals surface area contributed by atoms with Crippen LogP contribution in [0.5, 0.6) is 17.2 Å². The second-order valence-corrected chi connectivity index (χ2v) is 5.55. The molecule has 1 fully saturated rings. The maximum Gasteiger partial charge on any atom is 0.203 e. The number of carbonyl (C=O) groups excluding carboxylic acids is 1. The molecule has 0 aliphatic heterocycles. The van der Waals surface area contributed by atoms with Crippen molar-refractivity contribution < 1.29 is 19.0 Å². The maximum absolute atomic E-state index is 12.4. The van der Waals surface area contributed by atoms with Crippen molar-refractivity contribution in [2.45, 2.75) is 38.1 Å². The molecular weight excluding hydrogens is 282 g/mol. The Hall–Kier alpha value is -1.75. The molecule has 0 heterocycles. The standard InChI is InChI=1S/C17H25NO4/c1-20-15-9-12(10-16(21-2)17(15)22-3)14(19)11-18-13-7-5-4-6-8-13/h9-10,13,18H,4-8,11H2,1-3H3. The number of benzene rings is 1. The van der Waals surface area contributed by atoms with Crippen molar-refractivity contribution in [1.29, 1.82) is 0 Å². The monoisotopic (exact) mass is 307 g/mol. The number of rotatable bonds is 7. The van der Waals surface area contributed by atoms with Crippen LogP contribution in [-0.2, 0) is 0 Å². The fraction of sp³-hybridized carbons (Fsp3) is 0.588. The molecular formula is C17H25NO4. The molecule has 1 aliphatic carbocycles. The van der Waals surface area contributed by atoms with Crippen LogP contribution < -0.4 is 19.5 Å². The average molecular weight is 307 g/mol. The number of methoxy groups -OCH3 is 3. The lowest BCUT2D eigenvalue weighted by Gasteiger charge is -2.22. The molecule has 0 saturated heterocycles. The van der Waals surface area contributed by atoms with Gasteiger partial charge in [-0.3, -0.25) is 4.79 Å². The van der Waals surface area contributed by atoms with Gasteiger partial charge in [-0.1, -0.05) is 19.3 Å². The number of ether oxygens (including phenoxy) is 3. The van der Waals surface area contributed by atoms with E-state index in [-0.39, 0.29) is 5.78 Å². The molecule has 1 aromatic carbocycles. The first-order valence-corrected chi connectivity index (χ1v) is 7.76. The molecule has 0 bridgehead atoms. The number of hydrogen-bond donors (Lipinski definition) is 1. The van der Waals surface area contributed by atoms with E-state index in [4.69, 9.17) is 14.2 Å². The Morgan fingerprint density at radius 1 is 1.05 bits per heavy atom. The smallest absolute Gasteiger partial charge is 0.203 e. The minimum Gasteiger partial charge on any atom is -0.493 e. The van der Waals surface area contributed by atoms with E-state index in [1.165, 1.54) is 19.3 Å². The second-order valence-electron chi connectivity index (χ2n) is 5.55. The fourth-order valence-electron chi connectivity index (χ4n) is 2.89. The van der Waals surface area contributed by atoms with Crippen LogP contribution >= 0.6 is 0 Å². The Bertz CT molecular complexity index is 484. The summed E-state index contributed by atoms with van der Waals surface area (Å²) in [4.78, 5) is 12.4. The topological polar surface area (TPSA) is 56.8 Å². The van der Waals surface area contributed by atoms with Crippen LogP contribution in [0, 0.1) is 0 Å². The molecule has 1 saturated carbocycles. The predicted octanol–water partition coefficient (Wildman–Crippen LogP) is 2.82. The predicted molar refractivity (Wildman–Crippen MR) is 85.3 cm³/mol. The molecule has 0 atom stereocenters. The first-order valence-electron chi connectivity index (χ1n) is 7.76. The Morgan fingerprint density at radius 3 is 2.14 bits per heavy atom. The molecule has 1 N–H and O–H groups in total. The van der Waals surface area contributed by atoms with Gasteiger partial charge >= 0.3 is 0 Å². The Kier molecular flexibility index (Phi) is 6.07. The molecule has 122 valence electrons. The van der Waals surface area contributed by atoms with Crippen LogP contribution in [-0.4, -0.2) is 39.7 Å². The number of carbonyl (C=O) groups is 1. The molecule has 1 aliphatic rings. The molecule has 2 rings (SSSR count). The van der Waals surface area contributed by atoms with Crippen LogP contribution in [0.1, 0.15) is 42.5 Å². The van der Waals surface area contributed by atoms with Crippen molar-refractivity contribution in [2.75, 3.05) is 27.9 Å². The summed E-state index contributed by atoms with van der Waals surface area (Å²) < 4.78 is 15.8. The SMILES string of the molecule is COc1cc(C(=O)CNC2CCCCC2)cc(OC)c1OC. The Morgan fingerprint density at radius 2 is 1.64 bits per heavy atom. The van der Waals surface area contributed by atoms with Crippen LogP contribution in [0.25, 0.3) is 0 Å². The normalized spacial score (nSPS) is 15.4. The van der Waals surface area contributed by atoms with Gasteiger partial charge in [0.15, 0.2) is 17.3 Å². The van der Waals surface area contributed by atoms with Crippen molar-refractivity contribution in [3.05, 3.63) is 17.7 Å². The minimum absolute atomic E-state index is 0.0322. The number of hydrogen-bond acceptors (Lipinski definition) is 5. The Labute approximate surface area is 131 Å². The number of Topliss-reactive ketones (excluding diaryl/α,β-unsaturated/α-hetero) is 1. The lowest BCUT2D eigenvalue weighted by Crippen LogP contribution is -2.35. The summed E-state index contributed by atoms with van der Waals surface area (Å²) in [5, 5.41) is 3.36. The van der Waals surface area contributed by atoms with Gasteiger partial charge in [-0.25, -0.2) is 0 Å². The van der Waals surface area contributed by atoms with Crippen LogP contribution in [0.3, 0.4) is 0 Å². The van der Waals surface area contributed by atoms with Gasteiger partial charge in [-0.2, -0.15) is 0 Å². The van der Waals surface area contributed by atoms with E-state index in [9.17, 15) is 4.79 Å². The van der Waals surface area contributed by atoms with E-state index in [2.05, 4.69) is 5.32 Å². The van der Waals surface area contributed by atoms with E-state index < -0.39 is 0 Å². The highest BCUT2D eigenvalue weighted by Gasteiger charge is 2.18. The van der Waals surface area contributed by atoms with Crippen molar-refractivity contribution >= 4 is 5.78 Å². The molecule has 0 amide bonds. The average Bonchev–Trinajstić information content (AvgIpc) is 2.59. The quantitative estimate of drug-likeness (QED) is 0.785. The first-order chi connectivity index (χ1) is 10.7. The fourth-order valence-corrected chi connectivity index (χ4v) is 2.89. The van der Waals surface area contributed by atoms with Gasteiger partial charge in [-0.15, -0.1) is 0 Å². The van der Waals surface area contributed by atoms with Gasteiger partial charge in [-0.05, 0) is 25.0 Å². The minimum atomic E-state index is 0.0322. The number of ketones is 1. The molecule has 5 heteroatoms. The van der Waals surface area contributed by atoms with Crippen molar-refractivity contribution in [2.24, 2.45) is 0 Å². The molecule has 22 heavy (non-hydrogen) atoms. The van der Waals surface area contributed by atoms with E-state index in [0.717, 1.165) is 12.8 Å². The summed E-state index contributed by atoms with van der Waals surface area (Å²) in [6.07, 6.45) is 6.11. The van der Waals surface area contributed by atoms with Gasteiger partial charge < -0.3 is 19.5 Å². The Balaban J connectivity index is 2.08. The summed E-state index contributed by atoms with van der Waals surface area (Å²) in [5.41, 5.74) is 0.567. The summed E-state index contributed by atoms with van der Waals surface area (Å²) >= 11 is 0. The molecule has 5 nitrogen and oxygen atoms in total. The van der Waals surface area contributed by atoms with Gasteiger partial charge in [0, 0.05) is 11.6 Å².